The minimum absolute atomic E-state index is 0.131. The van der Waals surface area contributed by atoms with Crippen molar-refractivity contribution in [1.82, 2.24) is 0 Å². The molecule has 0 N–H and O–H groups in total. The lowest BCUT2D eigenvalue weighted by molar-refractivity contribution is -0.167. The van der Waals surface area contributed by atoms with Crippen LogP contribution in [-0.2, 0) is 28.6 Å². The van der Waals surface area contributed by atoms with Crippen LogP contribution in [0, 0.1) is 0 Å². The second-order valence-corrected chi connectivity index (χ2v) is 14.4. The number of rotatable bonds is 38. The number of hydrogen-bond acceptors (Lipinski definition) is 6. The van der Waals surface area contributed by atoms with Crippen molar-refractivity contribution in [2.75, 3.05) is 13.2 Å². The number of hydrogen-bond donors (Lipinski definition) is 0. The Balaban J connectivity index is 4.58. The summed E-state index contributed by atoms with van der Waals surface area (Å²) in [5.74, 6) is -1.07. The number of esters is 3. The summed E-state index contributed by atoms with van der Waals surface area (Å²) >= 11 is 0. The molecule has 0 heterocycles. The van der Waals surface area contributed by atoms with Crippen LogP contribution in [0.15, 0.2) is 146 Å². The van der Waals surface area contributed by atoms with Crippen molar-refractivity contribution in [3.05, 3.63) is 146 Å². The maximum Gasteiger partial charge on any atom is 0.306 e. The van der Waals surface area contributed by atoms with Crippen LogP contribution in [0.3, 0.4) is 0 Å². The quantitative estimate of drug-likeness (QED) is 0.0203. The molecule has 0 saturated heterocycles. The molecule has 0 bridgehead atoms. The van der Waals surface area contributed by atoms with E-state index in [2.05, 4.69) is 93.7 Å². The minimum atomic E-state index is -0.834. The van der Waals surface area contributed by atoms with Gasteiger partial charge in [-0.05, 0) is 83.5 Å². The van der Waals surface area contributed by atoms with Crippen molar-refractivity contribution in [2.45, 2.75) is 162 Å². The van der Waals surface area contributed by atoms with Gasteiger partial charge in [0.25, 0.3) is 0 Å². The Hall–Kier alpha value is -4.71. The average molecular weight is 825 g/mol. The zero-order valence-corrected chi connectivity index (χ0v) is 37.6. The third-order valence-corrected chi connectivity index (χ3v) is 8.76. The van der Waals surface area contributed by atoms with Crippen LogP contribution in [-0.4, -0.2) is 37.2 Å². The van der Waals surface area contributed by atoms with E-state index in [1.54, 1.807) is 0 Å². The van der Waals surface area contributed by atoms with Crippen molar-refractivity contribution in [3.63, 3.8) is 0 Å². The van der Waals surface area contributed by atoms with Gasteiger partial charge in [-0.2, -0.15) is 0 Å². The Bertz CT molecular complexity index is 1410. The molecule has 0 aliphatic rings. The average Bonchev–Trinajstić information content (AvgIpc) is 3.24. The highest BCUT2D eigenvalue weighted by Gasteiger charge is 2.19. The largest absolute Gasteiger partial charge is 0.462 e. The topological polar surface area (TPSA) is 78.9 Å². The molecule has 0 aromatic carbocycles. The molecule has 0 aromatic rings. The number of ether oxygens (including phenoxy) is 3. The first-order chi connectivity index (χ1) is 29.5. The molecular formula is C54H80O6. The van der Waals surface area contributed by atoms with Crippen LogP contribution < -0.4 is 0 Å². The summed E-state index contributed by atoms with van der Waals surface area (Å²) < 4.78 is 16.6. The Morgan fingerprint density at radius 1 is 0.367 bits per heavy atom. The highest BCUT2D eigenvalue weighted by atomic mass is 16.6. The second-order valence-electron chi connectivity index (χ2n) is 14.4. The molecule has 1 atom stereocenters. The van der Waals surface area contributed by atoms with Gasteiger partial charge in [0.15, 0.2) is 6.10 Å². The zero-order chi connectivity index (χ0) is 43.7. The summed E-state index contributed by atoms with van der Waals surface area (Å²) in [6.07, 6.45) is 66.9. The number of carbonyl (C=O) groups excluding carboxylic acids is 3. The maximum absolute atomic E-state index is 12.7. The molecule has 6 nitrogen and oxygen atoms in total. The van der Waals surface area contributed by atoms with Crippen LogP contribution in [0.5, 0.6) is 0 Å². The van der Waals surface area contributed by atoms with E-state index in [1.165, 1.54) is 6.42 Å². The lowest BCUT2D eigenvalue weighted by Gasteiger charge is -2.18. The molecule has 0 saturated carbocycles. The van der Waals surface area contributed by atoms with Gasteiger partial charge in [0.2, 0.25) is 0 Å². The van der Waals surface area contributed by atoms with Crippen LogP contribution in [0.25, 0.3) is 0 Å². The molecule has 0 spiro atoms. The monoisotopic (exact) mass is 825 g/mol. The Morgan fingerprint density at radius 2 is 0.750 bits per heavy atom. The second kappa shape index (κ2) is 47.0. The first kappa shape index (κ1) is 55.3. The summed E-state index contributed by atoms with van der Waals surface area (Å²) in [4.78, 5) is 37.8. The molecule has 332 valence electrons. The van der Waals surface area contributed by atoms with Crippen molar-refractivity contribution in [2.24, 2.45) is 0 Å². The normalized spacial score (nSPS) is 13.4. The molecule has 0 rings (SSSR count). The Kier molecular flexibility index (Phi) is 43.3. The van der Waals surface area contributed by atoms with Crippen molar-refractivity contribution < 1.29 is 28.6 Å². The Labute approximate surface area is 366 Å². The lowest BCUT2D eigenvalue weighted by Crippen LogP contribution is -2.30. The number of allylic oxidation sites excluding steroid dienone is 24. The molecule has 60 heavy (non-hydrogen) atoms. The Morgan fingerprint density at radius 3 is 1.28 bits per heavy atom. The van der Waals surface area contributed by atoms with Crippen LogP contribution in [0.2, 0.25) is 0 Å². The molecule has 0 aliphatic carbocycles. The van der Waals surface area contributed by atoms with Gasteiger partial charge in [-0.15, -0.1) is 0 Å². The summed E-state index contributed by atoms with van der Waals surface area (Å²) in [5, 5.41) is 0. The fourth-order valence-corrected chi connectivity index (χ4v) is 5.39. The van der Waals surface area contributed by atoms with E-state index in [-0.39, 0.29) is 44.0 Å². The maximum atomic E-state index is 12.7. The van der Waals surface area contributed by atoms with Gasteiger partial charge >= 0.3 is 17.9 Å². The fourth-order valence-electron chi connectivity index (χ4n) is 5.39. The SMILES string of the molecule is CC\C=C/C=C\C=C/C=C\CCCCCC(=O)OC(COC(=O)CCC/C=C\C/C=C\C/C=C\CC)COC(=O)CCCCCCC\C=C/C=C\C=C/C=C\C=C/CCC. The molecule has 0 radical (unpaired) electrons. The predicted octanol–water partition coefficient (Wildman–Crippen LogP) is 14.9. The van der Waals surface area contributed by atoms with E-state index in [9.17, 15) is 14.4 Å². The summed E-state index contributed by atoms with van der Waals surface area (Å²) in [6.45, 7) is 6.14. The van der Waals surface area contributed by atoms with E-state index >= 15 is 0 Å². The van der Waals surface area contributed by atoms with E-state index in [0.29, 0.717) is 19.3 Å². The predicted molar refractivity (Wildman–Crippen MR) is 255 cm³/mol. The smallest absolute Gasteiger partial charge is 0.306 e. The zero-order valence-electron chi connectivity index (χ0n) is 37.6. The minimum Gasteiger partial charge on any atom is -0.462 e. The van der Waals surface area contributed by atoms with Crippen molar-refractivity contribution in [3.8, 4) is 0 Å². The van der Waals surface area contributed by atoms with Crippen LogP contribution in [0.4, 0.5) is 0 Å². The van der Waals surface area contributed by atoms with Gasteiger partial charge < -0.3 is 14.2 Å². The standard InChI is InChI=1S/C54H80O6/c1-4-7-10-13-16-19-22-24-25-26-27-28-30-32-35-38-41-44-47-53(56)59-50-51(49-58-52(55)46-43-40-37-34-31-21-18-15-12-9-6-3)60-54(57)48-45-42-39-36-33-29-23-20-17-14-11-8-5-2/h8-14,16-29,33-34,37,51H,4-7,15,30-32,35-36,38-50H2,1-3H3/b11-8-,12-9-,13-10-,17-14-,19-16-,21-18-,23-20-,24-22-,26-25-,28-27-,33-29-,37-34-. The van der Waals surface area contributed by atoms with Gasteiger partial charge in [0, 0.05) is 19.3 Å². The van der Waals surface area contributed by atoms with E-state index in [4.69, 9.17) is 14.2 Å². The van der Waals surface area contributed by atoms with E-state index < -0.39 is 6.10 Å². The van der Waals surface area contributed by atoms with Crippen molar-refractivity contribution >= 4 is 17.9 Å². The summed E-state index contributed by atoms with van der Waals surface area (Å²) in [7, 11) is 0. The van der Waals surface area contributed by atoms with Gasteiger partial charge in [-0.25, -0.2) is 0 Å². The summed E-state index contributed by atoms with van der Waals surface area (Å²) in [6, 6.07) is 0. The fraction of sp³-hybridized carbons (Fsp3) is 0.500. The number of carbonyl (C=O) groups is 3. The van der Waals surface area contributed by atoms with Crippen molar-refractivity contribution in [1.29, 1.82) is 0 Å². The first-order valence-electron chi connectivity index (χ1n) is 23.0. The molecule has 1 unspecified atom stereocenters. The molecule has 0 fully saturated rings. The highest BCUT2D eigenvalue weighted by molar-refractivity contribution is 5.71. The van der Waals surface area contributed by atoms with Gasteiger partial charge in [0.05, 0.1) is 0 Å². The van der Waals surface area contributed by atoms with Crippen LogP contribution in [0.1, 0.15) is 156 Å². The first-order valence-corrected chi connectivity index (χ1v) is 23.0. The molecule has 0 amide bonds. The highest BCUT2D eigenvalue weighted by Crippen LogP contribution is 2.11. The van der Waals surface area contributed by atoms with Crippen LogP contribution >= 0.6 is 0 Å². The third-order valence-electron chi connectivity index (χ3n) is 8.76. The summed E-state index contributed by atoms with van der Waals surface area (Å²) in [5.41, 5.74) is 0. The van der Waals surface area contributed by atoms with E-state index in [0.717, 1.165) is 96.3 Å². The molecule has 6 heteroatoms. The third kappa shape index (κ3) is 44.4. The molecule has 0 aromatic heterocycles. The van der Waals surface area contributed by atoms with E-state index in [1.807, 2.05) is 72.9 Å². The lowest BCUT2D eigenvalue weighted by atomic mass is 10.1. The van der Waals surface area contributed by atoms with Gasteiger partial charge in [0.1, 0.15) is 13.2 Å². The molecular weight excluding hydrogens is 745 g/mol. The number of unbranched alkanes of at least 4 members (excludes halogenated alkanes) is 10. The van der Waals surface area contributed by atoms with Gasteiger partial charge in [-0.1, -0.05) is 199 Å². The molecule has 0 aliphatic heterocycles. The van der Waals surface area contributed by atoms with Gasteiger partial charge in [-0.3, -0.25) is 14.4 Å².